The molecule has 11 heteroatoms. The maximum absolute atomic E-state index is 13.6. The molecule has 2 bridgehead atoms. The number of alkyl carbamates (subject to hydrolysis) is 1. The zero-order valence-electron chi connectivity index (χ0n) is 21.1. The van der Waals surface area contributed by atoms with Crippen LogP contribution in [0.5, 0.6) is 0 Å². The van der Waals surface area contributed by atoms with E-state index in [-0.39, 0.29) is 37.0 Å². The average molecular weight is 516 g/mol. The molecule has 37 heavy (non-hydrogen) atoms. The molecule has 0 unspecified atom stereocenters. The summed E-state index contributed by atoms with van der Waals surface area (Å²) < 4.78 is 32.7. The Balaban J connectivity index is 1.29. The lowest BCUT2D eigenvalue weighted by atomic mass is 10.1. The predicted molar refractivity (Wildman–Crippen MR) is 127 cm³/mol. The predicted octanol–water partition coefficient (Wildman–Crippen LogP) is 2.16. The summed E-state index contributed by atoms with van der Waals surface area (Å²) in [5, 5.41) is 12.3. The molecule has 4 aliphatic rings. The van der Waals surface area contributed by atoms with E-state index >= 15 is 0 Å². The van der Waals surface area contributed by atoms with Crippen LogP contribution in [-0.4, -0.2) is 81.5 Å². The third-order valence-corrected chi connectivity index (χ3v) is 7.58. The molecule has 5 rings (SSSR count). The van der Waals surface area contributed by atoms with E-state index in [1.807, 2.05) is 4.90 Å². The lowest BCUT2D eigenvalue weighted by Gasteiger charge is -2.36. The largest absolute Gasteiger partial charge is 0.444 e. The number of rotatable bonds is 6. The van der Waals surface area contributed by atoms with Gasteiger partial charge in [-0.1, -0.05) is 0 Å². The van der Waals surface area contributed by atoms with Crippen molar-refractivity contribution in [1.29, 1.82) is 5.26 Å². The highest BCUT2D eigenvalue weighted by atomic mass is 19.1. The summed E-state index contributed by atoms with van der Waals surface area (Å²) in [7, 11) is 0. The molecule has 0 spiro atoms. The number of benzene rings is 1. The van der Waals surface area contributed by atoms with Gasteiger partial charge in [-0.15, -0.1) is 0 Å². The minimum Gasteiger partial charge on any atom is -0.444 e. The van der Waals surface area contributed by atoms with Gasteiger partial charge in [0.1, 0.15) is 29.3 Å². The molecule has 4 fully saturated rings. The van der Waals surface area contributed by atoms with Gasteiger partial charge in [0.2, 0.25) is 11.8 Å². The first-order valence-electron chi connectivity index (χ1n) is 12.6. The van der Waals surface area contributed by atoms with Crippen LogP contribution in [0.3, 0.4) is 0 Å². The van der Waals surface area contributed by atoms with E-state index in [2.05, 4.69) is 11.4 Å². The van der Waals surface area contributed by atoms with Gasteiger partial charge >= 0.3 is 6.09 Å². The van der Waals surface area contributed by atoms with Crippen LogP contribution in [0.2, 0.25) is 0 Å². The van der Waals surface area contributed by atoms with Gasteiger partial charge in [0, 0.05) is 37.8 Å². The van der Waals surface area contributed by atoms with E-state index in [0.29, 0.717) is 30.9 Å². The number of carbonyl (C=O) groups excluding carboxylic acids is 3. The maximum atomic E-state index is 13.6. The van der Waals surface area contributed by atoms with Gasteiger partial charge in [0.25, 0.3) is 0 Å². The van der Waals surface area contributed by atoms with Crippen LogP contribution in [0.15, 0.2) is 18.2 Å². The highest BCUT2D eigenvalue weighted by Gasteiger charge is 2.56. The Kier molecular flexibility index (Phi) is 6.34. The summed E-state index contributed by atoms with van der Waals surface area (Å²) in [6.45, 7) is 5.83. The van der Waals surface area contributed by atoms with Crippen molar-refractivity contribution in [1.82, 2.24) is 20.0 Å². The summed E-state index contributed by atoms with van der Waals surface area (Å²) >= 11 is 0. The first-order chi connectivity index (χ1) is 17.4. The van der Waals surface area contributed by atoms with E-state index in [1.54, 1.807) is 30.6 Å². The molecule has 3 saturated heterocycles. The smallest absolute Gasteiger partial charge is 0.408 e. The van der Waals surface area contributed by atoms with Crippen molar-refractivity contribution < 1.29 is 27.9 Å². The van der Waals surface area contributed by atoms with E-state index in [1.165, 1.54) is 12.1 Å². The highest BCUT2D eigenvalue weighted by Crippen LogP contribution is 2.48. The number of halogens is 2. The summed E-state index contributed by atoms with van der Waals surface area (Å²) in [6.07, 6.45) is 1.27. The number of hydrogen-bond donors (Lipinski definition) is 1. The SMILES string of the molecule is CC(C)(C)OC(=O)N[C@@H](CN1C[C@@H]2C[C@H]1C(=O)N2Cc1cc(F)cc(F)c1)C(=O)N1[C@H](C#N)C[C@@H]2C[C@@H]21. The lowest BCUT2D eigenvalue weighted by Crippen LogP contribution is -2.59. The molecule has 6 atom stereocenters. The van der Waals surface area contributed by atoms with Gasteiger partial charge < -0.3 is 19.9 Å². The third-order valence-electron chi connectivity index (χ3n) is 7.58. The van der Waals surface area contributed by atoms with Gasteiger partial charge in [0.05, 0.1) is 12.1 Å². The molecular formula is C26H31F2N5O4. The van der Waals surface area contributed by atoms with E-state index < -0.39 is 41.5 Å². The van der Waals surface area contributed by atoms with Crippen molar-refractivity contribution in [3.05, 3.63) is 35.4 Å². The summed E-state index contributed by atoms with van der Waals surface area (Å²) in [5.41, 5.74) is -0.387. The van der Waals surface area contributed by atoms with Crippen LogP contribution in [0.25, 0.3) is 0 Å². The first kappa shape index (κ1) is 25.4. The number of nitrogens with zero attached hydrogens (tertiary/aromatic N) is 4. The second kappa shape index (κ2) is 9.24. The Morgan fingerprint density at radius 1 is 1.19 bits per heavy atom. The van der Waals surface area contributed by atoms with Crippen molar-refractivity contribution in [2.45, 2.75) is 82.4 Å². The Hall–Kier alpha value is -3.26. The minimum absolute atomic E-state index is 0.0129. The Labute approximate surface area is 214 Å². The zero-order valence-corrected chi connectivity index (χ0v) is 21.1. The number of fused-ring (bicyclic) bond motifs is 3. The lowest BCUT2D eigenvalue weighted by molar-refractivity contribution is -0.140. The van der Waals surface area contributed by atoms with E-state index in [9.17, 15) is 28.4 Å². The second-order valence-corrected chi connectivity index (χ2v) is 11.5. The summed E-state index contributed by atoms with van der Waals surface area (Å²) in [4.78, 5) is 44.5. The number of carbonyl (C=O) groups is 3. The molecule has 3 amide bonds. The fraction of sp³-hybridized carbons (Fsp3) is 0.615. The Morgan fingerprint density at radius 3 is 2.51 bits per heavy atom. The molecular weight excluding hydrogens is 484 g/mol. The van der Waals surface area contributed by atoms with Crippen LogP contribution < -0.4 is 5.32 Å². The molecule has 1 aromatic rings. The van der Waals surface area contributed by atoms with Crippen molar-refractivity contribution in [3.8, 4) is 6.07 Å². The number of nitrogens with one attached hydrogen (secondary N) is 1. The standard InChI is InChI=1S/C26H31F2N5O4/c1-26(2,3)37-25(36)30-20(23(34)33-18(10-29)6-15-7-21(15)33)13-31-12-19-9-22(31)24(35)32(19)11-14-4-16(27)8-17(28)5-14/h4-5,8,15,18-22H,6-7,9,11-13H2,1-3H3,(H,30,36)/t15-,18+,19+,20+,21+,22+/m1/s1. The molecule has 1 saturated carbocycles. The highest BCUT2D eigenvalue weighted by molar-refractivity contribution is 5.88. The van der Waals surface area contributed by atoms with Crippen LogP contribution >= 0.6 is 0 Å². The molecule has 1 aliphatic carbocycles. The topological polar surface area (TPSA) is 106 Å². The second-order valence-electron chi connectivity index (χ2n) is 11.5. The number of hydrogen-bond acceptors (Lipinski definition) is 6. The molecule has 198 valence electrons. The minimum atomic E-state index is -0.983. The summed E-state index contributed by atoms with van der Waals surface area (Å²) in [6, 6.07) is 3.24. The van der Waals surface area contributed by atoms with Gasteiger partial charge in [-0.2, -0.15) is 5.26 Å². The maximum Gasteiger partial charge on any atom is 0.408 e. The summed E-state index contributed by atoms with van der Waals surface area (Å²) in [5.74, 6) is -1.59. The van der Waals surface area contributed by atoms with E-state index in [0.717, 1.165) is 12.5 Å². The van der Waals surface area contributed by atoms with Gasteiger partial charge in [-0.05, 0) is 63.6 Å². The fourth-order valence-corrected chi connectivity index (χ4v) is 5.98. The van der Waals surface area contributed by atoms with Crippen molar-refractivity contribution >= 4 is 17.9 Å². The monoisotopic (exact) mass is 515 g/mol. The third kappa shape index (κ3) is 5.12. The van der Waals surface area contributed by atoms with Gasteiger partial charge in [0.15, 0.2) is 0 Å². The first-order valence-corrected chi connectivity index (χ1v) is 12.6. The number of piperidine rings is 1. The number of ether oxygens (including phenoxy) is 1. The molecule has 9 nitrogen and oxygen atoms in total. The molecule has 0 aromatic heterocycles. The fourth-order valence-electron chi connectivity index (χ4n) is 5.98. The van der Waals surface area contributed by atoms with Crippen molar-refractivity contribution in [3.63, 3.8) is 0 Å². The Morgan fingerprint density at radius 2 is 1.89 bits per heavy atom. The van der Waals surface area contributed by atoms with Crippen LogP contribution in [0.4, 0.5) is 13.6 Å². The average Bonchev–Trinajstić information content (AvgIpc) is 3.13. The van der Waals surface area contributed by atoms with Crippen molar-refractivity contribution in [2.24, 2.45) is 5.92 Å². The quantitative estimate of drug-likeness (QED) is 0.623. The normalized spacial score (nSPS) is 29.2. The molecule has 1 N–H and O–H groups in total. The van der Waals surface area contributed by atoms with Gasteiger partial charge in [-0.3, -0.25) is 14.5 Å². The van der Waals surface area contributed by atoms with Gasteiger partial charge in [-0.25, -0.2) is 13.6 Å². The van der Waals surface area contributed by atoms with Crippen molar-refractivity contribution in [2.75, 3.05) is 13.1 Å². The number of amides is 3. The van der Waals surface area contributed by atoms with Crippen LogP contribution in [0, 0.1) is 28.9 Å². The molecule has 3 aliphatic heterocycles. The number of likely N-dealkylation sites (tertiary alicyclic amines) is 3. The Bertz CT molecular complexity index is 1140. The van der Waals surface area contributed by atoms with E-state index in [4.69, 9.17) is 4.74 Å². The van der Waals surface area contributed by atoms with Crippen LogP contribution in [-0.2, 0) is 20.9 Å². The number of nitriles is 1. The molecule has 3 heterocycles. The zero-order chi connectivity index (χ0) is 26.6. The molecule has 1 aromatic carbocycles. The number of piperazine rings is 1. The van der Waals surface area contributed by atoms with Crippen LogP contribution in [0.1, 0.15) is 45.6 Å². The molecule has 0 radical (unpaired) electrons.